The second-order valence-electron chi connectivity index (χ2n) is 5.16. The van der Waals surface area contributed by atoms with Crippen molar-refractivity contribution in [3.8, 4) is 0 Å². The van der Waals surface area contributed by atoms with Gasteiger partial charge in [-0.15, -0.1) is 0 Å². The van der Waals surface area contributed by atoms with Crippen molar-refractivity contribution in [3.05, 3.63) is 34.9 Å². The van der Waals surface area contributed by atoms with Crippen molar-refractivity contribution in [2.45, 2.75) is 37.9 Å². The molecule has 2 amide bonds. The van der Waals surface area contributed by atoms with Gasteiger partial charge in [-0.2, -0.15) is 0 Å². The number of hydrogen-bond donors (Lipinski definition) is 2. The fraction of sp³-hybridized carbons (Fsp3) is 0.467. The average molecular weight is 311 g/mol. The van der Waals surface area contributed by atoms with Gasteiger partial charge in [0.1, 0.15) is 6.10 Å². The van der Waals surface area contributed by atoms with E-state index in [2.05, 4.69) is 5.32 Å². The van der Waals surface area contributed by atoms with Gasteiger partial charge in [0.05, 0.1) is 6.10 Å². The summed E-state index contributed by atoms with van der Waals surface area (Å²) in [5, 5.41) is 3.51. The Labute approximate surface area is 128 Å². The smallest absolute Gasteiger partial charge is 0.246 e. The van der Waals surface area contributed by atoms with Crippen molar-refractivity contribution >= 4 is 23.4 Å². The van der Waals surface area contributed by atoms with Crippen LogP contribution in [0.2, 0.25) is 5.02 Å². The fourth-order valence-corrected chi connectivity index (χ4v) is 2.42. The largest absolute Gasteiger partial charge is 0.367 e. The maximum atomic E-state index is 11.8. The molecule has 0 spiro atoms. The maximum Gasteiger partial charge on any atom is 0.246 e. The summed E-state index contributed by atoms with van der Waals surface area (Å²) in [5.41, 5.74) is 6.25. The van der Waals surface area contributed by atoms with Crippen LogP contribution in [0.1, 0.15) is 24.8 Å². The first-order valence-electron chi connectivity index (χ1n) is 7.00. The molecule has 6 heteroatoms. The minimum Gasteiger partial charge on any atom is -0.367 e. The van der Waals surface area contributed by atoms with Crippen LogP contribution in [0.5, 0.6) is 0 Å². The molecule has 5 nitrogen and oxygen atoms in total. The molecule has 1 aliphatic rings. The summed E-state index contributed by atoms with van der Waals surface area (Å²) in [5.74, 6) is -0.470. The van der Waals surface area contributed by atoms with Crippen molar-refractivity contribution in [3.63, 3.8) is 0 Å². The van der Waals surface area contributed by atoms with Crippen LogP contribution in [-0.4, -0.2) is 30.6 Å². The molecule has 1 aromatic carbocycles. The number of nitrogens with one attached hydrogen (secondary N) is 1. The molecule has 1 aliphatic heterocycles. The lowest BCUT2D eigenvalue weighted by Gasteiger charge is -2.12. The van der Waals surface area contributed by atoms with Crippen molar-refractivity contribution in [2.24, 2.45) is 5.73 Å². The molecule has 2 atom stereocenters. The Morgan fingerprint density at radius 2 is 2.00 bits per heavy atom. The maximum absolute atomic E-state index is 11.8. The molecule has 3 N–H and O–H groups in total. The van der Waals surface area contributed by atoms with Gasteiger partial charge in [-0.1, -0.05) is 23.7 Å². The van der Waals surface area contributed by atoms with Crippen molar-refractivity contribution < 1.29 is 14.3 Å². The number of carbonyl (C=O) groups excluding carboxylic acids is 2. The number of hydrogen-bond acceptors (Lipinski definition) is 3. The van der Waals surface area contributed by atoms with E-state index in [0.29, 0.717) is 30.8 Å². The van der Waals surface area contributed by atoms with E-state index in [1.165, 1.54) is 0 Å². The summed E-state index contributed by atoms with van der Waals surface area (Å²) >= 11 is 5.80. The van der Waals surface area contributed by atoms with Gasteiger partial charge in [-0.25, -0.2) is 0 Å². The van der Waals surface area contributed by atoms with Crippen molar-refractivity contribution in [1.29, 1.82) is 0 Å². The van der Waals surface area contributed by atoms with Crippen LogP contribution < -0.4 is 11.1 Å². The highest BCUT2D eigenvalue weighted by Crippen LogP contribution is 2.18. The summed E-state index contributed by atoms with van der Waals surface area (Å²) in [4.78, 5) is 22.7. The first-order valence-corrected chi connectivity index (χ1v) is 7.38. The minimum absolute atomic E-state index is 0.0314. The third kappa shape index (κ3) is 5.02. The zero-order chi connectivity index (χ0) is 15.2. The number of halogens is 1. The van der Waals surface area contributed by atoms with Crippen LogP contribution in [0.4, 0.5) is 0 Å². The first-order chi connectivity index (χ1) is 10.0. The Morgan fingerprint density at radius 1 is 1.29 bits per heavy atom. The average Bonchev–Trinajstić information content (AvgIpc) is 2.93. The monoisotopic (exact) mass is 310 g/mol. The lowest BCUT2D eigenvalue weighted by molar-refractivity contribution is -0.128. The van der Waals surface area contributed by atoms with Crippen LogP contribution in [0, 0.1) is 0 Å². The molecular formula is C15H19ClN2O3. The molecule has 1 aromatic rings. The zero-order valence-electron chi connectivity index (χ0n) is 11.7. The fourth-order valence-electron chi connectivity index (χ4n) is 2.29. The molecule has 0 bridgehead atoms. The second kappa shape index (κ2) is 7.43. The summed E-state index contributed by atoms with van der Waals surface area (Å²) < 4.78 is 5.45. The number of rotatable bonds is 6. The number of nitrogens with two attached hydrogens (primary N) is 1. The SMILES string of the molecule is NC(=O)[C@@H]1CC[C@H](CNC(=O)CCc2ccc(Cl)cc2)O1. The third-order valence-corrected chi connectivity index (χ3v) is 3.76. The van der Waals surface area contributed by atoms with E-state index < -0.39 is 12.0 Å². The lowest BCUT2D eigenvalue weighted by Crippen LogP contribution is -2.34. The highest BCUT2D eigenvalue weighted by molar-refractivity contribution is 6.30. The van der Waals surface area contributed by atoms with Crippen LogP contribution in [0.3, 0.4) is 0 Å². The summed E-state index contributed by atoms with van der Waals surface area (Å²) in [6, 6.07) is 7.44. The Bertz CT molecular complexity index is 504. The molecule has 2 rings (SSSR count). The van der Waals surface area contributed by atoms with Crippen molar-refractivity contribution in [1.82, 2.24) is 5.32 Å². The highest BCUT2D eigenvalue weighted by Gasteiger charge is 2.29. The Morgan fingerprint density at radius 3 is 2.62 bits per heavy atom. The molecule has 0 aliphatic carbocycles. The summed E-state index contributed by atoms with van der Waals surface area (Å²) in [7, 11) is 0. The Hall–Kier alpha value is -1.59. The molecule has 0 saturated carbocycles. The van der Waals surface area contributed by atoms with E-state index >= 15 is 0 Å². The van der Waals surface area contributed by atoms with Gasteiger partial charge in [0.15, 0.2) is 0 Å². The van der Waals surface area contributed by atoms with Gasteiger partial charge < -0.3 is 15.8 Å². The Kier molecular flexibility index (Phi) is 5.59. The quantitative estimate of drug-likeness (QED) is 0.834. The van der Waals surface area contributed by atoms with Gasteiger partial charge in [-0.05, 0) is 37.0 Å². The number of primary amides is 1. The standard InChI is InChI=1S/C15H19ClN2O3/c16-11-4-1-10(2-5-11)3-8-14(19)18-9-12-6-7-13(21-12)15(17)20/h1-2,4-5,12-13H,3,6-9H2,(H2,17,20)(H,18,19)/t12-,13+/m1/s1. The Balaban J connectivity index is 1.66. The first kappa shape index (κ1) is 15.8. The molecule has 0 aromatic heterocycles. The summed E-state index contributed by atoms with van der Waals surface area (Å²) in [6.45, 7) is 0.420. The summed E-state index contributed by atoms with van der Waals surface area (Å²) in [6.07, 6.45) is 1.81. The van der Waals surface area contributed by atoms with Crippen LogP contribution in [0.25, 0.3) is 0 Å². The molecule has 114 valence electrons. The van der Waals surface area contributed by atoms with Gasteiger partial charge in [0.25, 0.3) is 0 Å². The molecule has 1 heterocycles. The molecule has 0 radical (unpaired) electrons. The topological polar surface area (TPSA) is 81.4 Å². The van der Waals surface area contributed by atoms with Gasteiger partial charge in [-0.3, -0.25) is 9.59 Å². The minimum atomic E-state index is -0.513. The second-order valence-corrected chi connectivity index (χ2v) is 5.59. The van der Waals surface area contributed by atoms with Gasteiger partial charge in [0.2, 0.25) is 11.8 Å². The van der Waals surface area contributed by atoms with E-state index in [0.717, 1.165) is 12.0 Å². The van der Waals surface area contributed by atoms with E-state index in [4.69, 9.17) is 22.1 Å². The number of aryl methyl sites for hydroxylation is 1. The van der Waals surface area contributed by atoms with Crippen LogP contribution in [-0.2, 0) is 20.7 Å². The van der Waals surface area contributed by atoms with E-state index in [1.54, 1.807) is 0 Å². The third-order valence-electron chi connectivity index (χ3n) is 3.51. The van der Waals surface area contributed by atoms with Crippen LogP contribution >= 0.6 is 11.6 Å². The number of carbonyl (C=O) groups is 2. The number of amides is 2. The molecule has 1 fully saturated rings. The van der Waals surface area contributed by atoms with E-state index in [1.807, 2.05) is 24.3 Å². The van der Waals surface area contributed by atoms with Crippen LogP contribution in [0.15, 0.2) is 24.3 Å². The van der Waals surface area contributed by atoms with E-state index in [-0.39, 0.29) is 12.0 Å². The normalized spacial score (nSPS) is 21.2. The van der Waals surface area contributed by atoms with Gasteiger partial charge in [0, 0.05) is 18.0 Å². The molecule has 0 unspecified atom stereocenters. The lowest BCUT2D eigenvalue weighted by atomic mass is 10.1. The molecular weight excluding hydrogens is 292 g/mol. The number of benzene rings is 1. The highest BCUT2D eigenvalue weighted by atomic mass is 35.5. The predicted octanol–water partition coefficient (Wildman–Crippen LogP) is 1.42. The molecule has 1 saturated heterocycles. The van der Waals surface area contributed by atoms with Gasteiger partial charge >= 0.3 is 0 Å². The zero-order valence-corrected chi connectivity index (χ0v) is 12.4. The van der Waals surface area contributed by atoms with E-state index in [9.17, 15) is 9.59 Å². The molecule has 21 heavy (non-hydrogen) atoms. The van der Waals surface area contributed by atoms with Crippen molar-refractivity contribution in [2.75, 3.05) is 6.54 Å². The number of ether oxygens (including phenoxy) is 1. The predicted molar refractivity (Wildman–Crippen MR) is 79.9 cm³/mol.